The standard InChI is InChI=1S/C21H23N3O3/c1-13-10-11-16(23-19(13)22-14(2)25)18-12-15-8-6-7-9-17(15)24(18)20(26)27-21(3,4)5/h6-12H,1-5H3,(H,22,23,25). The molecule has 1 amide bonds. The zero-order valence-electron chi connectivity index (χ0n) is 16.2. The Morgan fingerprint density at radius 3 is 2.48 bits per heavy atom. The second-order valence-electron chi connectivity index (χ2n) is 7.45. The molecule has 3 aromatic rings. The van der Waals surface area contributed by atoms with Crippen molar-refractivity contribution in [2.24, 2.45) is 0 Å². The number of hydrogen-bond donors (Lipinski definition) is 1. The van der Waals surface area contributed by atoms with Gasteiger partial charge in [0.2, 0.25) is 5.91 Å². The third kappa shape index (κ3) is 4.00. The number of fused-ring (bicyclic) bond motifs is 1. The van der Waals surface area contributed by atoms with E-state index in [4.69, 9.17) is 4.74 Å². The molecule has 0 saturated heterocycles. The molecule has 0 unspecified atom stereocenters. The van der Waals surface area contributed by atoms with Gasteiger partial charge < -0.3 is 10.1 Å². The third-order valence-corrected chi connectivity index (χ3v) is 3.94. The van der Waals surface area contributed by atoms with Crippen LogP contribution in [0.3, 0.4) is 0 Å². The maximum atomic E-state index is 12.9. The van der Waals surface area contributed by atoms with E-state index in [2.05, 4.69) is 10.3 Å². The lowest BCUT2D eigenvalue weighted by atomic mass is 10.2. The summed E-state index contributed by atoms with van der Waals surface area (Å²) in [7, 11) is 0. The molecule has 0 spiro atoms. The molecule has 2 heterocycles. The molecule has 6 heteroatoms. The predicted octanol–water partition coefficient (Wildman–Crippen LogP) is 4.75. The number of anilines is 1. The van der Waals surface area contributed by atoms with Crippen LogP contribution in [0.4, 0.5) is 10.6 Å². The summed E-state index contributed by atoms with van der Waals surface area (Å²) in [6.07, 6.45) is -0.470. The minimum Gasteiger partial charge on any atom is -0.443 e. The monoisotopic (exact) mass is 365 g/mol. The number of hydrogen-bond acceptors (Lipinski definition) is 4. The van der Waals surface area contributed by atoms with E-state index in [1.165, 1.54) is 11.5 Å². The first kappa shape index (κ1) is 18.6. The highest BCUT2D eigenvalue weighted by Crippen LogP contribution is 2.29. The van der Waals surface area contributed by atoms with Crippen molar-refractivity contribution in [2.45, 2.75) is 40.2 Å². The number of rotatable bonds is 2. The van der Waals surface area contributed by atoms with Gasteiger partial charge in [0.05, 0.1) is 16.9 Å². The number of pyridine rings is 1. The van der Waals surface area contributed by atoms with Gasteiger partial charge in [0.25, 0.3) is 0 Å². The smallest absolute Gasteiger partial charge is 0.419 e. The maximum absolute atomic E-state index is 12.9. The van der Waals surface area contributed by atoms with Gasteiger partial charge >= 0.3 is 6.09 Å². The van der Waals surface area contributed by atoms with Gasteiger partial charge in [-0.05, 0) is 51.5 Å². The van der Waals surface area contributed by atoms with Crippen LogP contribution in [0, 0.1) is 6.92 Å². The van der Waals surface area contributed by atoms with Crippen molar-refractivity contribution < 1.29 is 14.3 Å². The van der Waals surface area contributed by atoms with Gasteiger partial charge in [-0.15, -0.1) is 0 Å². The second-order valence-corrected chi connectivity index (χ2v) is 7.45. The van der Waals surface area contributed by atoms with Crippen LogP contribution >= 0.6 is 0 Å². The molecular formula is C21H23N3O3. The first-order chi connectivity index (χ1) is 12.7. The van der Waals surface area contributed by atoms with Crippen LogP contribution in [0.2, 0.25) is 0 Å². The zero-order chi connectivity index (χ0) is 19.8. The molecule has 0 radical (unpaired) electrons. The van der Waals surface area contributed by atoms with Gasteiger partial charge in [-0.2, -0.15) is 0 Å². The average Bonchev–Trinajstić information content (AvgIpc) is 2.94. The van der Waals surface area contributed by atoms with Crippen molar-refractivity contribution in [2.75, 3.05) is 5.32 Å². The molecule has 140 valence electrons. The summed E-state index contributed by atoms with van der Waals surface area (Å²) in [4.78, 5) is 28.9. The molecule has 2 aromatic heterocycles. The molecule has 6 nitrogen and oxygen atoms in total. The normalized spacial score (nSPS) is 11.4. The van der Waals surface area contributed by atoms with Gasteiger partial charge in [0.15, 0.2) is 0 Å². The van der Waals surface area contributed by atoms with Crippen LogP contribution < -0.4 is 5.32 Å². The van der Waals surface area contributed by atoms with E-state index in [0.717, 1.165) is 16.5 Å². The van der Waals surface area contributed by atoms with Crippen LogP contribution in [-0.2, 0) is 9.53 Å². The number of aryl methyl sites for hydroxylation is 1. The number of carbonyl (C=O) groups excluding carboxylic acids is 2. The van der Waals surface area contributed by atoms with Crippen LogP contribution in [0.1, 0.15) is 33.3 Å². The Hall–Kier alpha value is -3.15. The van der Waals surface area contributed by atoms with Crippen molar-refractivity contribution in [3.8, 4) is 11.4 Å². The number of amides is 1. The van der Waals surface area contributed by atoms with E-state index in [9.17, 15) is 9.59 Å². The molecule has 0 aliphatic carbocycles. The summed E-state index contributed by atoms with van der Waals surface area (Å²) < 4.78 is 7.12. The van der Waals surface area contributed by atoms with E-state index >= 15 is 0 Å². The van der Waals surface area contributed by atoms with Crippen molar-refractivity contribution in [1.29, 1.82) is 0 Å². The highest BCUT2D eigenvalue weighted by Gasteiger charge is 2.23. The average molecular weight is 365 g/mol. The summed E-state index contributed by atoms with van der Waals surface area (Å²) in [6.45, 7) is 8.79. The lowest BCUT2D eigenvalue weighted by Crippen LogP contribution is -2.27. The highest BCUT2D eigenvalue weighted by atomic mass is 16.6. The number of para-hydroxylation sites is 1. The molecule has 0 fully saturated rings. The summed E-state index contributed by atoms with van der Waals surface area (Å²) in [5.74, 6) is 0.274. The number of benzene rings is 1. The molecule has 3 rings (SSSR count). The fourth-order valence-corrected chi connectivity index (χ4v) is 2.81. The van der Waals surface area contributed by atoms with E-state index in [1.54, 1.807) is 0 Å². The molecule has 0 saturated carbocycles. The van der Waals surface area contributed by atoms with Crippen molar-refractivity contribution in [3.63, 3.8) is 0 Å². The predicted molar refractivity (Wildman–Crippen MR) is 106 cm³/mol. The van der Waals surface area contributed by atoms with Crippen LogP contribution in [0.25, 0.3) is 22.3 Å². The number of nitrogens with one attached hydrogen (secondary N) is 1. The Balaban J connectivity index is 2.18. The van der Waals surface area contributed by atoms with Gasteiger partial charge in [0.1, 0.15) is 11.4 Å². The van der Waals surface area contributed by atoms with E-state index in [1.807, 2.05) is 70.2 Å². The maximum Gasteiger partial charge on any atom is 0.419 e. The summed E-state index contributed by atoms with van der Waals surface area (Å²) in [5.41, 5.74) is 2.14. The lowest BCUT2D eigenvalue weighted by Gasteiger charge is -2.21. The summed E-state index contributed by atoms with van der Waals surface area (Å²) >= 11 is 0. The van der Waals surface area contributed by atoms with Crippen LogP contribution in [0.5, 0.6) is 0 Å². The molecule has 27 heavy (non-hydrogen) atoms. The van der Waals surface area contributed by atoms with Gasteiger partial charge in [-0.25, -0.2) is 14.3 Å². The van der Waals surface area contributed by atoms with E-state index < -0.39 is 11.7 Å². The Morgan fingerprint density at radius 2 is 1.81 bits per heavy atom. The fourth-order valence-electron chi connectivity index (χ4n) is 2.81. The van der Waals surface area contributed by atoms with Crippen LogP contribution in [-0.4, -0.2) is 27.2 Å². The number of carbonyl (C=O) groups is 2. The Morgan fingerprint density at radius 1 is 1.11 bits per heavy atom. The first-order valence-corrected chi connectivity index (χ1v) is 8.75. The Bertz CT molecular complexity index is 1030. The Kier molecular flexibility index (Phi) is 4.74. The van der Waals surface area contributed by atoms with Crippen LogP contribution in [0.15, 0.2) is 42.5 Å². The second kappa shape index (κ2) is 6.87. The lowest BCUT2D eigenvalue weighted by molar-refractivity contribution is -0.114. The molecule has 1 aromatic carbocycles. The van der Waals surface area contributed by atoms with E-state index in [0.29, 0.717) is 17.2 Å². The zero-order valence-corrected chi connectivity index (χ0v) is 16.2. The quantitative estimate of drug-likeness (QED) is 0.711. The van der Waals surface area contributed by atoms with E-state index in [-0.39, 0.29) is 5.91 Å². The van der Waals surface area contributed by atoms with Gasteiger partial charge in [-0.1, -0.05) is 24.3 Å². The van der Waals surface area contributed by atoms with Gasteiger partial charge in [0, 0.05) is 12.3 Å². The minimum absolute atomic E-state index is 0.199. The topological polar surface area (TPSA) is 73.2 Å². The molecule has 0 aliphatic rings. The first-order valence-electron chi connectivity index (χ1n) is 8.75. The highest BCUT2D eigenvalue weighted by molar-refractivity contribution is 5.96. The minimum atomic E-state index is -0.623. The summed E-state index contributed by atoms with van der Waals surface area (Å²) in [6, 6.07) is 13.2. The fraction of sp³-hybridized carbons (Fsp3) is 0.286. The molecule has 0 bridgehead atoms. The number of aromatic nitrogens is 2. The Labute approximate surface area is 158 Å². The molecule has 1 N–H and O–H groups in total. The molecule has 0 aliphatic heterocycles. The third-order valence-electron chi connectivity index (χ3n) is 3.94. The summed E-state index contributed by atoms with van der Waals surface area (Å²) in [5, 5.41) is 3.63. The number of ether oxygens (including phenoxy) is 1. The molecular weight excluding hydrogens is 342 g/mol. The SMILES string of the molecule is CC(=O)Nc1nc(-c2cc3ccccc3n2C(=O)OC(C)(C)C)ccc1C. The molecule has 0 atom stereocenters. The van der Waals surface area contributed by atoms with Crippen molar-refractivity contribution in [1.82, 2.24) is 9.55 Å². The largest absolute Gasteiger partial charge is 0.443 e. The van der Waals surface area contributed by atoms with Gasteiger partial charge in [-0.3, -0.25) is 4.79 Å². The number of nitrogens with zero attached hydrogens (tertiary/aromatic N) is 2. The van der Waals surface area contributed by atoms with Crippen molar-refractivity contribution in [3.05, 3.63) is 48.0 Å². The van der Waals surface area contributed by atoms with Crippen molar-refractivity contribution >= 4 is 28.7 Å².